The number of halogens is 1. The molecule has 0 radical (unpaired) electrons. The zero-order valence-corrected chi connectivity index (χ0v) is 9.54. The van der Waals surface area contributed by atoms with Crippen LogP contribution in [0.1, 0.15) is 21.6 Å². The first-order valence-corrected chi connectivity index (χ1v) is 5.05. The van der Waals surface area contributed by atoms with Crippen molar-refractivity contribution < 1.29 is 9.90 Å². The van der Waals surface area contributed by atoms with Gasteiger partial charge in [-0.05, 0) is 25.0 Å². The van der Waals surface area contributed by atoms with Gasteiger partial charge in [-0.3, -0.25) is 0 Å². The molecule has 16 heavy (non-hydrogen) atoms. The molecule has 2 aromatic rings. The molecule has 0 spiro atoms. The molecule has 1 N–H and O–H groups in total. The molecular formula is C11H9ClN2O2. The van der Waals surface area contributed by atoms with Crippen molar-refractivity contribution in [1.29, 1.82) is 0 Å². The zero-order chi connectivity index (χ0) is 11.9. The Morgan fingerprint density at radius 3 is 2.50 bits per heavy atom. The van der Waals surface area contributed by atoms with Crippen molar-refractivity contribution in [1.82, 2.24) is 10.2 Å². The molecule has 1 aromatic carbocycles. The van der Waals surface area contributed by atoms with Crippen molar-refractivity contribution in [3.05, 3.63) is 34.0 Å². The van der Waals surface area contributed by atoms with Gasteiger partial charge in [0.05, 0.1) is 10.5 Å². The van der Waals surface area contributed by atoms with E-state index in [1.54, 1.807) is 0 Å². The van der Waals surface area contributed by atoms with Gasteiger partial charge in [0, 0.05) is 5.39 Å². The fourth-order valence-electron chi connectivity index (χ4n) is 1.60. The van der Waals surface area contributed by atoms with E-state index in [0.717, 1.165) is 11.1 Å². The Bertz CT molecular complexity index is 596. The second-order valence-corrected chi connectivity index (χ2v) is 3.97. The van der Waals surface area contributed by atoms with Crippen LogP contribution < -0.4 is 0 Å². The molecule has 0 fully saturated rings. The third kappa shape index (κ3) is 1.51. The Morgan fingerprint density at radius 2 is 1.88 bits per heavy atom. The van der Waals surface area contributed by atoms with Crippen LogP contribution in [0, 0.1) is 13.8 Å². The SMILES string of the molecule is Cc1ccc(C)c2c(Cl)c(C(=O)O)nnc12. The Labute approximate surface area is 96.9 Å². The van der Waals surface area contributed by atoms with Gasteiger partial charge in [0.15, 0.2) is 5.69 Å². The maximum atomic E-state index is 10.9. The number of rotatable bonds is 1. The number of aryl methyl sites for hydroxylation is 2. The molecule has 2 rings (SSSR count). The van der Waals surface area contributed by atoms with Crippen LogP contribution in [0.3, 0.4) is 0 Å². The molecule has 0 amide bonds. The van der Waals surface area contributed by atoms with Crippen LogP contribution in [-0.2, 0) is 0 Å². The van der Waals surface area contributed by atoms with Gasteiger partial charge in [-0.25, -0.2) is 4.79 Å². The molecule has 1 aromatic heterocycles. The van der Waals surface area contributed by atoms with Crippen molar-refractivity contribution in [2.24, 2.45) is 0 Å². The molecule has 0 saturated carbocycles. The molecule has 0 bridgehead atoms. The monoisotopic (exact) mass is 236 g/mol. The minimum Gasteiger partial charge on any atom is -0.476 e. The van der Waals surface area contributed by atoms with Gasteiger partial charge < -0.3 is 5.11 Å². The van der Waals surface area contributed by atoms with E-state index in [0.29, 0.717) is 10.9 Å². The Morgan fingerprint density at radius 1 is 1.25 bits per heavy atom. The van der Waals surface area contributed by atoms with Crippen LogP contribution in [0.4, 0.5) is 0 Å². The normalized spacial score (nSPS) is 10.7. The fourth-order valence-corrected chi connectivity index (χ4v) is 1.96. The van der Waals surface area contributed by atoms with Gasteiger partial charge >= 0.3 is 5.97 Å². The van der Waals surface area contributed by atoms with E-state index in [1.807, 2.05) is 26.0 Å². The first-order valence-electron chi connectivity index (χ1n) is 4.67. The van der Waals surface area contributed by atoms with E-state index < -0.39 is 5.97 Å². The summed E-state index contributed by atoms with van der Waals surface area (Å²) in [5, 5.41) is 17.2. The number of aromatic carboxylic acids is 1. The van der Waals surface area contributed by atoms with E-state index in [1.165, 1.54) is 0 Å². The molecular weight excluding hydrogens is 228 g/mol. The average molecular weight is 237 g/mol. The van der Waals surface area contributed by atoms with Crippen molar-refractivity contribution >= 4 is 28.5 Å². The molecule has 0 unspecified atom stereocenters. The molecule has 0 atom stereocenters. The molecule has 5 heteroatoms. The van der Waals surface area contributed by atoms with Crippen LogP contribution in [0.25, 0.3) is 10.9 Å². The fraction of sp³-hybridized carbons (Fsp3) is 0.182. The minimum absolute atomic E-state index is 0.152. The van der Waals surface area contributed by atoms with Crippen LogP contribution in [0.15, 0.2) is 12.1 Å². The predicted molar refractivity (Wildman–Crippen MR) is 61.0 cm³/mol. The first kappa shape index (κ1) is 10.8. The van der Waals surface area contributed by atoms with Crippen molar-refractivity contribution in [3.63, 3.8) is 0 Å². The van der Waals surface area contributed by atoms with E-state index in [4.69, 9.17) is 16.7 Å². The maximum Gasteiger partial charge on any atom is 0.358 e. The first-order chi connectivity index (χ1) is 7.52. The third-order valence-corrected chi connectivity index (χ3v) is 2.84. The van der Waals surface area contributed by atoms with Crippen LogP contribution in [-0.4, -0.2) is 21.3 Å². The largest absolute Gasteiger partial charge is 0.476 e. The molecule has 0 saturated heterocycles. The Hall–Kier alpha value is -1.68. The van der Waals surface area contributed by atoms with Gasteiger partial charge in [-0.2, -0.15) is 0 Å². The summed E-state index contributed by atoms with van der Waals surface area (Å²) in [6.45, 7) is 3.74. The van der Waals surface area contributed by atoms with Crippen molar-refractivity contribution in [2.45, 2.75) is 13.8 Å². The van der Waals surface area contributed by atoms with Crippen LogP contribution in [0.2, 0.25) is 5.02 Å². The lowest BCUT2D eigenvalue weighted by atomic mass is 10.1. The number of hydrogen-bond donors (Lipinski definition) is 1. The lowest BCUT2D eigenvalue weighted by Gasteiger charge is -2.07. The second-order valence-electron chi connectivity index (χ2n) is 3.59. The third-order valence-electron chi connectivity index (χ3n) is 2.47. The van der Waals surface area contributed by atoms with Crippen molar-refractivity contribution in [3.8, 4) is 0 Å². The quantitative estimate of drug-likeness (QED) is 0.827. The summed E-state index contributed by atoms with van der Waals surface area (Å²) in [7, 11) is 0. The summed E-state index contributed by atoms with van der Waals surface area (Å²) in [5.74, 6) is -1.17. The zero-order valence-electron chi connectivity index (χ0n) is 8.78. The highest BCUT2D eigenvalue weighted by molar-refractivity contribution is 6.38. The summed E-state index contributed by atoms with van der Waals surface area (Å²) in [4.78, 5) is 10.9. The van der Waals surface area contributed by atoms with E-state index >= 15 is 0 Å². The van der Waals surface area contributed by atoms with Gasteiger partial charge in [0.2, 0.25) is 0 Å². The number of carboxylic acid groups (broad SMARTS) is 1. The summed E-state index contributed by atoms with van der Waals surface area (Å²) >= 11 is 6.03. The highest BCUT2D eigenvalue weighted by Crippen LogP contribution is 2.28. The standard InChI is InChI=1S/C11H9ClN2O2/c1-5-3-4-6(2)9-7(5)8(12)10(11(15)16)14-13-9/h3-4H,1-2H3,(H,15,16). The average Bonchev–Trinajstić information content (AvgIpc) is 2.23. The number of aromatic nitrogens is 2. The lowest BCUT2D eigenvalue weighted by Crippen LogP contribution is -2.04. The minimum atomic E-state index is -1.17. The molecule has 0 aliphatic carbocycles. The number of carbonyl (C=O) groups is 1. The predicted octanol–water partition coefficient (Wildman–Crippen LogP) is 2.60. The van der Waals surface area contributed by atoms with Gasteiger partial charge in [0.25, 0.3) is 0 Å². The second kappa shape index (κ2) is 3.72. The summed E-state index contributed by atoms with van der Waals surface area (Å²) in [6, 6.07) is 3.79. The molecule has 1 heterocycles. The van der Waals surface area contributed by atoms with Gasteiger partial charge in [-0.1, -0.05) is 23.7 Å². The van der Waals surface area contributed by atoms with Crippen LogP contribution >= 0.6 is 11.6 Å². The number of carboxylic acids is 1. The smallest absolute Gasteiger partial charge is 0.358 e. The van der Waals surface area contributed by atoms with Crippen LogP contribution in [0.5, 0.6) is 0 Å². The summed E-state index contributed by atoms with van der Waals surface area (Å²) < 4.78 is 0. The highest BCUT2D eigenvalue weighted by Gasteiger charge is 2.16. The Balaban J connectivity index is 2.94. The molecule has 0 aliphatic rings. The molecule has 0 aliphatic heterocycles. The number of hydrogen-bond acceptors (Lipinski definition) is 3. The highest BCUT2D eigenvalue weighted by atomic mass is 35.5. The topological polar surface area (TPSA) is 63.1 Å². The number of nitrogens with zero attached hydrogens (tertiary/aromatic N) is 2. The molecule has 4 nitrogen and oxygen atoms in total. The lowest BCUT2D eigenvalue weighted by molar-refractivity contribution is 0.0689. The Kier molecular flexibility index (Phi) is 2.52. The van der Waals surface area contributed by atoms with Crippen molar-refractivity contribution in [2.75, 3.05) is 0 Å². The number of fused-ring (bicyclic) bond motifs is 1. The van der Waals surface area contributed by atoms with E-state index in [9.17, 15) is 4.79 Å². The molecule has 82 valence electrons. The van der Waals surface area contributed by atoms with Gasteiger partial charge in [0.1, 0.15) is 0 Å². The summed E-state index contributed by atoms with van der Waals surface area (Å²) in [5.41, 5.74) is 2.26. The summed E-state index contributed by atoms with van der Waals surface area (Å²) in [6.07, 6.45) is 0. The maximum absolute atomic E-state index is 10.9. The van der Waals surface area contributed by atoms with E-state index in [2.05, 4.69) is 10.2 Å². The van der Waals surface area contributed by atoms with E-state index in [-0.39, 0.29) is 10.7 Å². The van der Waals surface area contributed by atoms with Gasteiger partial charge in [-0.15, -0.1) is 10.2 Å². The number of benzene rings is 1.